The summed E-state index contributed by atoms with van der Waals surface area (Å²) >= 11 is 0. The van der Waals surface area contributed by atoms with Crippen molar-refractivity contribution in [2.75, 3.05) is 60.8 Å². The van der Waals surface area contributed by atoms with Gasteiger partial charge in [-0.2, -0.15) is 0 Å². The van der Waals surface area contributed by atoms with Gasteiger partial charge in [-0.25, -0.2) is 0 Å². The SMILES string of the molecule is [B][C@@H]1O[C@H](COC)[C@H](OP(C)(=O)[O-])C1OCCOCCN(C)C. The van der Waals surface area contributed by atoms with Crippen LogP contribution in [-0.2, 0) is 28.0 Å². The third-order valence-corrected chi connectivity index (χ3v) is 3.84. The smallest absolute Gasteiger partial charge is 0.132 e. The molecule has 23 heavy (non-hydrogen) atoms. The number of hydrogen-bond donors (Lipinski definition) is 0. The van der Waals surface area contributed by atoms with Crippen LogP contribution in [0.15, 0.2) is 0 Å². The fourth-order valence-electron chi connectivity index (χ4n) is 2.18. The van der Waals surface area contributed by atoms with Gasteiger partial charge in [-0.15, -0.1) is 0 Å². The maximum atomic E-state index is 11.5. The molecule has 0 N–H and O–H groups in total. The molecule has 1 heterocycles. The normalized spacial score (nSPS) is 30.7. The maximum absolute atomic E-state index is 11.5. The molecule has 8 nitrogen and oxygen atoms in total. The Bertz CT molecular complexity index is 381. The maximum Gasteiger partial charge on any atom is 0.132 e. The molecule has 10 heteroatoms. The molecule has 1 saturated heterocycles. The molecule has 0 amide bonds. The molecule has 2 radical (unpaired) electrons. The van der Waals surface area contributed by atoms with Crippen LogP contribution < -0.4 is 4.89 Å². The molecule has 0 spiro atoms. The van der Waals surface area contributed by atoms with Crippen molar-refractivity contribution in [3.63, 3.8) is 0 Å². The Morgan fingerprint density at radius 1 is 1.26 bits per heavy atom. The summed E-state index contributed by atoms with van der Waals surface area (Å²) in [6.07, 6.45) is -2.13. The minimum Gasteiger partial charge on any atom is -0.779 e. The Kier molecular flexibility index (Phi) is 9.25. The molecule has 134 valence electrons. The van der Waals surface area contributed by atoms with Gasteiger partial charge in [0.2, 0.25) is 0 Å². The quantitative estimate of drug-likeness (QED) is 0.268. The number of methoxy groups -OCH3 is 1. The van der Waals surface area contributed by atoms with E-state index in [0.29, 0.717) is 13.2 Å². The predicted molar refractivity (Wildman–Crippen MR) is 83.8 cm³/mol. The Hall–Kier alpha value is 0.0149. The lowest BCUT2D eigenvalue weighted by atomic mass is 9.93. The fraction of sp³-hybridized carbons (Fsp3) is 1.00. The molecule has 1 aliphatic rings. The van der Waals surface area contributed by atoms with Crippen LogP contribution in [0.2, 0.25) is 0 Å². The lowest BCUT2D eigenvalue weighted by molar-refractivity contribution is -0.205. The van der Waals surface area contributed by atoms with Crippen molar-refractivity contribution in [1.82, 2.24) is 4.90 Å². The topological polar surface area (TPSA) is 89.5 Å². The number of nitrogens with zero attached hydrogens (tertiary/aromatic N) is 1. The van der Waals surface area contributed by atoms with Gasteiger partial charge in [0.1, 0.15) is 33.8 Å². The van der Waals surface area contributed by atoms with Gasteiger partial charge in [-0.1, -0.05) is 0 Å². The van der Waals surface area contributed by atoms with E-state index in [2.05, 4.69) is 0 Å². The van der Waals surface area contributed by atoms with Crippen LogP contribution in [0.25, 0.3) is 0 Å². The van der Waals surface area contributed by atoms with Crippen LogP contribution in [-0.4, -0.2) is 97.9 Å². The first-order valence-electron chi connectivity index (χ1n) is 7.45. The second kappa shape index (κ2) is 10.1. The highest BCUT2D eigenvalue weighted by Crippen LogP contribution is 2.39. The zero-order valence-corrected chi connectivity index (χ0v) is 15.1. The zero-order chi connectivity index (χ0) is 17.5. The second-order valence-corrected chi connectivity index (χ2v) is 7.44. The van der Waals surface area contributed by atoms with E-state index in [9.17, 15) is 9.46 Å². The van der Waals surface area contributed by atoms with E-state index < -0.39 is 31.9 Å². The second-order valence-electron chi connectivity index (χ2n) is 5.69. The van der Waals surface area contributed by atoms with Gasteiger partial charge in [0.25, 0.3) is 0 Å². The van der Waals surface area contributed by atoms with E-state index in [1.165, 1.54) is 7.11 Å². The van der Waals surface area contributed by atoms with Gasteiger partial charge in [0.15, 0.2) is 0 Å². The lowest BCUT2D eigenvalue weighted by Gasteiger charge is -2.29. The molecule has 0 saturated carbocycles. The minimum atomic E-state index is -3.96. The first kappa shape index (κ1) is 21.1. The highest BCUT2D eigenvalue weighted by Gasteiger charge is 2.44. The molecule has 1 aliphatic heterocycles. The average Bonchev–Trinajstić information content (AvgIpc) is 2.69. The van der Waals surface area contributed by atoms with Gasteiger partial charge in [-0.3, -0.25) is 0 Å². The Labute approximate surface area is 139 Å². The molecule has 1 fully saturated rings. The zero-order valence-electron chi connectivity index (χ0n) is 14.2. The van der Waals surface area contributed by atoms with Crippen molar-refractivity contribution in [1.29, 1.82) is 0 Å². The summed E-state index contributed by atoms with van der Waals surface area (Å²) in [6.45, 7) is 3.20. The van der Waals surface area contributed by atoms with Crippen molar-refractivity contribution in [3.8, 4) is 0 Å². The van der Waals surface area contributed by atoms with E-state index in [4.69, 9.17) is 31.3 Å². The molecule has 0 aromatic rings. The summed E-state index contributed by atoms with van der Waals surface area (Å²) in [5.74, 6) is 0. The van der Waals surface area contributed by atoms with Crippen molar-refractivity contribution in [3.05, 3.63) is 0 Å². The van der Waals surface area contributed by atoms with Gasteiger partial charge in [0, 0.05) is 26.3 Å². The number of likely N-dealkylation sites (N-methyl/N-ethyl adjacent to an activating group) is 1. The summed E-state index contributed by atoms with van der Waals surface area (Å²) in [5, 5.41) is 0. The first-order chi connectivity index (χ1) is 10.7. The van der Waals surface area contributed by atoms with Gasteiger partial charge in [0.05, 0.1) is 26.4 Å². The van der Waals surface area contributed by atoms with E-state index >= 15 is 0 Å². The Morgan fingerprint density at radius 2 is 1.96 bits per heavy atom. The molecule has 0 aromatic carbocycles. The molecular formula is C13H26BNO7P-. The number of rotatable bonds is 11. The van der Waals surface area contributed by atoms with E-state index in [-0.39, 0.29) is 13.2 Å². The summed E-state index contributed by atoms with van der Waals surface area (Å²) in [6, 6.07) is -0.784. The summed E-state index contributed by atoms with van der Waals surface area (Å²) < 4.78 is 38.1. The van der Waals surface area contributed by atoms with E-state index in [1.807, 2.05) is 19.0 Å². The van der Waals surface area contributed by atoms with Crippen LogP contribution in [0.5, 0.6) is 0 Å². The number of ether oxygens (including phenoxy) is 4. The fourth-order valence-corrected chi connectivity index (χ4v) is 2.88. The third kappa shape index (κ3) is 8.09. The highest BCUT2D eigenvalue weighted by molar-refractivity contribution is 7.50. The van der Waals surface area contributed by atoms with E-state index in [1.54, 1.807) is 0 Å². The molecular weight excluding hydrogens is 324 g/mol. The van der Waals surface area contributed by atoms with Crippen molar-refractivity contribution < 1.29 is 32.9 Å². The van der Waals surface area contributed by atoms with Crippen LogP contribution in [0, 0.1) is 0 Å². The molecule has 2 unspecified atom stereocenters. The molecule has 0 aromatic heterocycles. The monoisotopic (exact) mass is 350 g/mol. The van der Waals surface area contributed by atoms with Crippen molar-refractivity contribution in [2.24, 2.45) is 0 Å². The third-order valence-electron chi connectivity index (χ3n) is 3.21. The number of hydrogen-bond acceptors (Lipinski definition) is 8. The summed E-state index contributed by atoms with van der Waals surface area (Å²) in [7, 11) is 7.31. The molecule has 0 bridgehead atoms. The average molecular weight is 350 g/mol. The highest BCUT2D eigenvalue weighted by atomic mass is 31.2. The Morgan fingerprint density at radius 3 is 2.52 bits per heavy atom. The lowest BCUT2D eigenvalue weighted by Crippen LogP contribution is -2.40. The minimum absolute atomic E-state index is 0.164. The summed E-state index contributed by atoms with van der Waals surface area (Å²) in [5.41, 5.74) is 0. The first-order valence-corrected chi connectivity index (χ1v) is 9.44. The van der Waals surface area contributed by atoms with Crippen LogP contribution in [0.4, 0.5) is 0 Å². The predicted octanol–water partition coefficient (Wildman–Crippen LogP) is -0.942. The largest absolute Gasteiger partial charge is 0.779 e. The van der Waals surface area contributed by atoms with Gasteiger partial charge >= 0.3 is 0 Å². The molecule has 1 rings (SSSR count). The van der Waals surface area contributed by atoms with Crippen LogP contribution in [0.1, 0.15) is 0 Å². The van der Waals surface area contributed by atoms with Crippen LogP contribution >= 0.6 is 7.60 Å². The standard InChI is InChI=1S/C13H27BNO7P/c1-15(2)5-6-19-7-8-20-12-11(22-23(4,16)17)10(9-18-3)21-13(12)14/h10-13H,5-9H2,1-4H3,(H,16,17)/p-1/t10-,11+,12?,13-/m1/s1. The van der Waals surface area contributed by atoms with Crippen LogP contribution in [0.3, 0.4) is 0 Å². The van der Waals surface area contributed by atoms with Crippen molar-refractivity contribution in [2.45, 2.75) is 24.3 Å². The van der Waals surface area contributed by atoms with Gasteiger partial charge < -0.3 is 37.8 Å². The summed E-state index contributed by atoms with van der Waals surface area (Å²) in [4.78, 5) is 13.5. The van der Waals surface area contributed by atoms with Gasteiger partial charge in [-0.05, 0) is 14.1 Å². The molecule has 0 aliphatic carbocycles. The Balaban J connectivity index is 2.47. The molecule has 5 atom stereocenters. The van der Waals surface area contributed by atoms with E-state index in [0.717, 1.165) is 13.2 Å². The van der Waals surface area contributed by atoms with Crippen molar-refractivity contribution >= 4 is 15.4 Å².